The van der Waals surface area contributed by atoms with E-state index in [9.17, 15) is 9.59 Å². The number of carbonyl (C=O) groups excluding carboxylic acids is 2. The predicted molar refractivity (Wildman–Crippen MR) is 90.8 cm³/mol. The van der Waals surface area contributed by atoms with Crippen molar-refractivity contribution in [2.75, 3.05) is 13.2 Å². The first kappa shape index (κ1) is 23.2. The van der Waals surface area contributed by atoms with E-state index in [1.807, 2.05) is 13.8 Å². The van der Waals surface area contributed by atoms with Gasteiger partial charge in [-0.3, -0.25) is 9.59 Å². The summed E-state index contributed by atoms with van der Waals surface area (Å²) in [5, 5.41) is 0. The largest absolute Gasteiger partial charge is 0.466 e. The highest BCUT2D eigenvalue weighted by Gasteiger charge is 2.00. The number of ether oxygens (including phenoxy) is 2. The Balaban J connectivity index is 0. The number of rotatable bonds is 12. The second-order valence-corrected chi connectivity index (χ2v) is 5.23. The normalized spacial score (nSPS) is 9.64. The number of carbonyl (C=O) groups is 2. The lowest BCUT2D eigenvalue weighted by molar-refractivity contribution is -0.144. The van der Waals surface area contributed by atoms with E-state index >= 15 is 0 Å². The van der Waals surface area contributed by atoms with Gasteiger partial charge in [-0.2, -0.15) is 0 Å². The summed E-state index contributed by atoms with van der Waals surface area (Å²) in [6.07, 6.45) is 10.3. The first-order chi connectivity index (χ1) is 10.6. The highest BCUT2D eigenvalue weighted by Crippen LogP contribution is 2.03. The summed E-state index contributed by atoms with van der Waals surface area (Å²) in [4.78, 5) is 21.6. The van der Waals surface area contributed by atoms with Crippen LogP contribution in [0, 0.1) is 0 Å². The van der Waals surface area contributed by atoms with Gasteiger partial charge in [-0.15, -0.1) is 0 Å². The molecule has 0 aromatic rings. The molecule has 0 saturated carbocycles. The number of hydrogen-bond donors (Lipinski definition) is 0. The van der Waals surface area contributed by atoms with Crippen LogP contribution in [-0.2, 0) is 19.1 Å². The summed E-state index contributed by atoms with van der Waals surface area (Å²) in [5.74, 6) is -0.104. The molecule has 0 N–H and O–H groups in total. The SMILES string of the molecule is CCCCCCC(=O)OCC.CCCCCCC(=O)OCC. The molecule has 0 radical (unpaired) electrons. The number of unbranched alkanes of at least 4 members (excludes halogenated alkanes) is 6. The quantitative estimate of drug-likeness (QED) is 0.374. The van der Waals surface area contributed by atoms with Crippen molar-refractivity contribution in [1.82, 2.24) is 0 Å². The van der Waals surface area contributed by atoms with Crippen molar-refractivity contribution in [2.24, 2.45) is 0 Å². The number of esters is 2. The summed E-state index contributed by atoms with van der Waals surface area (Å²) < 4.78 is 9.57. The molecule has 0 aromatic heterocycles. The standard InChI is InChI=1S/2C9H18O2/c2*1-3-5-6-7-8-9(10)11-4-2/h2*3-8H2,1-2H3. The maximum atomic E-state index is 10.8. The van der Waals surface area contributed by atoms with E-state index in [2.05, 4.69) is 13.8 Å². The van der Waals surface area contributed by atoms with E-state index in [0.717, 1.165) is 25.7 Å². The Morgan fingerprint density at radius 2 is 0.955 bits per heavy atom. The minimum Gasteiger partial charge on any atom is -0.466 e. The van der Waals surface area contributed by atoms with Crippen LogP contribution in [0.3, 0.4) is 0 Å². The third kappa shape index (κ3) is 21.2. The number of hydrogen-bond acceptors (Lipinski definition) is 4. The predicted octanol–water partition coefficient (Wildman–Crippen LogP) is 5.04. The van der Waals surface area contributed by atoms with E-state index in [4.69, 9.17) is 9.47 Å². The molecule has 0 aliphatic heterocycles. The molecule has 4 nitrogen and oxygen atoms in total. The maximum Gasteiger partial charge on any atom is 0.305 e. The average molecular weight is 316 g/mol. The summed E-state index contributed by atoms with van der Waals surface area (Å²) >= 11 is 0. The minimum absolute atomic E-state index is 0.0522. The van der Waals surface area contributed by atoms with E-state index < -0.39 is 0 Å². The van der Waals surface area contributed by atoms with Crippen LogP contribution < -0.4 is 0 Å². The molecular formula is C18H36O4. The maximum absolute atomic E-state index is 10.8. The molecule has 0 spiro atoms. The third-order valence-corrected chi connectivity index (χ3v) is 3.08. The summed E-state index contributed by atoms with van der Waals surface area (Å²) in [5.41, 5.74) is 0. The topological polar surface area (TPSA) is 52.6 Å². The van der Waals surface area contributed by atoms with Crippen LogP contribution in [0.1, 0.15) is 91.9 Å². The Morgan fingerprint density at radius 1 is 0.591 bits per heavy atom. The van der Waals surface area contributed by atoms with Crippen molar-refractivity contribution in [3.8, 4) is 0 Å². The van der Waals surface area contributed by atoms with Crippen LogP contribution in [0.15, 0.2) is 0 Å². The monoisotopic (exact) mass is 316 g/mol. The fourth-order valence-electron chi connectivity index (χ4n) is 1.86. The van der Waals surface area contributed by atoms with E-state index in [0.29, 0.717) is 26.1 Å². The van der Waals surface area contributed by atoms with Crippen molar-refractivity contribution in [1.29, 1.82) is 0 Å². The summed E-state index contributed by atoms with van der Waals surface area (Å²) in [6, 6.07) is 0. The van der Waals surface area contributed by atoms with Crippen molar-refractivity contribution in [2.45, 2.75) is 91.9 Å². The van der Waals surface area contributed by atoms with Crippen LogP contribution >= 0.6 is 0 Å². The van der Waals surface area contributed by atoms with Crippen LogP contribution in [0.25, 0.3) is 0 Å². The van der Waals surface area contributed by atoms with Gasteiger partial charge in [0.1, 0.15) is 0 Å². The van der Waals surface area contributed by atoms with Gasteiger partial charge < -0.3 is 9.47 Å². The van der Waals surface area contributed by atoms with Gasteiger partial charge in [0.15, 0.2) is 0 Å². The molecule has 22 heavy (non-hydrogen) atoms. The summed E-state index contributed by atoms with van der Waals surface area (Å²) in [6.45, 7) is 9.00. The highest BCUT2D eigenvalue weighted by atomic mass is 16.5. The molecule has 0 unspecified atom stereocenters. The molecule has 0 bridgehead atoms. The third-order valence-electron chi connectivity index (χ3n) is 3.08. The van der Waals surface area contributed by atoms with Gasteiger partial charge in [-0.1, -0.05) is 52.4 Å². The molecule has 0 atom stereocenters. The zero-order valence-corrected chi connectivity index (χ0v) is 15.1. The molecule has 4 heteroatoms. The average Bonchev–Trinajstić information content (AvgIpc) is 2.49. The van der Waals surface area contributed by atoms with Crippen molar-refractivity contribution in [3.05, 3.63) is 0 Å². The van der Waals surface area contributed by atoms with Gasteiger partial charge in [0.2, 0.25) is 0 Å². The molecule has 0 fully saturated rings. The Labute approximate surface area is 136 Å². The van der Waals surface area contributed by atoms with Crippen LogP contribution in [0.2, 0.25) is 0 Å². The summed E-state index contributed by atoms with van der Waals surface area (Å²) in [7, 11) is 0. The highest BCUT2D eigenvalue weighted by molar-refractivity contribution is 5.69. The Kier molecular flexibility index (Phi) is 21.0. The lowest BCUT2D eigenvalue weighted by atomic mass is 10.2. The van der Waals surface area contributed by atoms with Crippen LogP contribution in [0.5, 0.6) is 0 Å². The van der Waals surface area contributed by atoms with Crippen molar-refractivity contribution >= 4 is 11.9 Å². The lowest BCUT2D eigenvalue weighted by Crippen LogP contribution is -2.02. The fourth-order valence-corrected chi connectivity index (χ4v) is 1.86. The zero-order valence-electron chi connectivity index (χ0n) is 15.1. The second-order valence-electron chi connectivity index (χ2n) is 5.23. The first-order valence-corrected chi connectivity index (χ1v) is 8.93. The van der Waals surface area contributed by atoms with Gasteiger partial charge in [0.05, 0.1) is 13.2 Å². The molecule has 0 saturated heterocycles. The molecule has 0 rings (SSSR count). The molecule has 0 heterocycles. The second kappa shape index (κ2) is 19.9. The van der Waals surface area contributed by atoms with E-state index in [1.165, 1.54) is 25.7 Å². The Bertz CT molecular complexity index is 225. The molecule has 0 aromatic carbocycles. The van der Waals surface area contributed by atoms with Crippen molar-refractivity contribution < 1.29 is 19.1 Å². The smallest absolute Gasteiger partial charge is 0.305 e. The molecule has 0 aliphatic carbocycles. The fraction of sp³-hybridized carbons (Fsp3) is 0.889. The molecule has 132 valence electrons. The Morgan fingerprint density at radius 3 is 1.23 bits per heavy atom. The first-order valence-electron chi connectivity index (χ1n) is 8.93. The minimum atomic E-state index is -0.0522. The van der Waals surface area contributed by atoms with Crippen LogP contribution in [-0.4, -0.2) is 25.2 Å². The van der Waals surface area contributed by atoms with Crippen LogP contribution in [0.4, 0.5) is 0 Å². The van der Waals surface area contributed by atoms with Gasteiger partial charge >= 0.3 is 11.9 Å². The zero-order chi connectivity index (χ0) is 17.1. The van der Waals surface area contributed by atoms with E-state index in [-0.39, 0.29) is 11.9 Å². The van der Waals surface area contributed by atoms with E-state index in [1.54, 1.807) is 0 Å². The van der Waals surface area contributed by atoms with Gasteiger partial charge in [-0.25, -0.2) is 0 Å². The molecule has 0 aliphatic rings. The van der Waals surface area contributed by atoms with Crippen molar-refractivity contribution in [3.63, 3.8) is 0 Å². The lowest BCUT2D eigenvalue weighted by Gasteiger charge is -2.00. The van der Waals surface area contributed by atoms with Gasteiger partial charge in [-0.05, 0) is 26.7 Å². The van der Waals surface area contributed by atoms with Gasteiger partial charge in [0, 0.05) is 12.8 Å². The Hall–Kier alpha value is -1.06. The van der Waals surface area contributed by atoms with Gasteiger partial charge in [0.25, 0.3) is 0 Å². The molecular weight excluding hydrogens is 280 g/mol. The molecule has 0 amide bonds.